The molecule has 1 aliphatic rings. The number of benzene rings is 2. The van der Waals surface area contributed by atoms with Gasteiger partial charge in [0.05, 0.1) is 11.6 Å². The number of hydrogen-bond donors (Lipinski definition) is 0. The normalized spacial score (nSPS) is 12.4. The Morgan fingerprint density at radius 1 is 1.00 bits per heavy atom. The summed E-state index contributed by atoms with van der Waals surface area (Å²) >= 11 is 1.76. The highest BCUT2D eigenvalue weighted by molar-refractivity contribution is 7.99. The Morgan fingerprint density at radius 2 is 1.81 bits per heavy atom. The smallest absolute Gasteiger partial charge is 0.0992 e. The van der Waals surface area contributed by atoms with E-state index in [1.807, 2.05) is 12.1 Å². The van der Waals surface area contributed by atoms with E-state index in [2.05, 4.69) is 36.4 Å². The summed E-state index contributed by atoms with van der Waals surface area (Å²) in [5, 5.41) is 8.88. The zero-order valence-electron chi connectivity index (χ0n) is 8.60. The fourth-order valence-electron chi connectivity index (χ4n) is 1.94. The molecule has 0 saturated carbocycles. The van der Waals surface area contributed by atoms with E-state index in [1.54, 1.807) is 11.8 Å². The van der Waals surface area contributed by atoms with Crippen LogP contribution in [-0.4, -0.2) is 0 Å². The summed E-state index contributed by atoms with van der Waals surface area (Å²) in [5.41, 5.74) is 3.44. The molecule has 0 atom stereocenters. The predicted octanol–water partition coefficient (Wildman–Crippen LogP) is 3.61. The lowest BCUT2D eigenvalue weighted by molar-refractivity contribution is 1.05. The van der Waals surface area contributed by atoms with Gasteiger partial charge in [0.25, 0.3) is 0 Å². The maximum absolute atomic E-state index is 8.88. The van der Waals surface area contributed by atoms with E-state index < -0.39 is 0 Å². The first kappa shape index (κ1) is 9.50. The molecule has 0 unspecified atom stereocenters. The third kappa shape index (κ3) is 1.50. The Labute approximate surface area is 98.7 Å². The highest BCUT2D eigenvalue weighted by atomic mass is 32.2. The van der Waals surface area contributed by atoms with Gasteiger partial charge in [0.1, 0.15) is 0 Å². The van der Waals surface area contributed by atoms with Crippen molar-refractivity contribution in [3.63, 3.8) is 0 Å². The number of nitrogens with zero attached hydrogens (tertiary/aromatic N) is 1. The van der Waals surface area contributed by atoms with Gasteiger partial charge in [-0.25, -0.2) is 0 Å². The van der Waals surface area contributed by atoms with Crippen molar-refractivity contribution in [2.75, 3.05) is 0 Å². The zero-order valence-corrected chi connectivity index (χ0v) is 9.42. The third-order valence-corrected chi connectivity index (χ3v) is 3.99. The van der Waals surface area contributed by atoms with Gasteiger partial charge in [-0.3, -0.25) is 0 Å². The Bertz CT molecular complexity index is 596. The van der Waals surface area contributed by atoms with Gasteiger partial charge in [-0.1, -0.05) is 36.0 Å². The lowest BCUT2D eigenvalue weighted by atomic mass is 10.0. The average Bonchev–Trinajstić information content (AvgIpc) is 2.35. The minimum absolute atomic E-state index is 0.741. The zero-order chi connectivity index (χ0) is 11.0. The average molecular weight is 223 g/mol. The van der Waals surface area contributed by atoms with Crippen molar-refractivity contribution >= 4 is 11.8 Å². The molecule has 0 radical (unpaired) electrons. The second kappa shape index (κ2) is 3.70. The fourth-order valence-corrected chi connectivity index (χ4v) is 3.05. The predicted molar refractivity (Wildman–Crippen MR) is 64.5 cm³/mol. The quantitative estimate of drug-likeness (QED) is 0.581. The number of rotatable bonds is 0. The van der Waals surface area contributed by atoms with Gasteiger partial charge in [-0.05, 0) is 35.7 Å². The highest BCUT2D eigenvalue weighted by Crippen LogP contribution is 2.39. The minimum atomic E-state index is 0.741. The van der Waals surface area contributed by atoms with Crippen LogP contribution < -0.4 is 0 Å². The van der Waals surface area contributed by atoms with Crippen molar-refractivity contribution in [3.05, 3.63) is 59.2 Å². The summed E-state index contributed by atoms with van der Waals surface area (Å²) in [6, 6.07) is 16.6. The number of nitriles is 1. The van der Waals surface area contributed by atoms with Gasteiger partial charge in [-0.2, -0.15) is 5.26 Å². The molecule has 0 aliphatic carbocycles. The highest BCUT2D eigenvalue weighted by Gasteiger charge is 2.15. The third-order valence-electron chi connectivity index (χ3n) is 2.77. The Morgan fingerprint density at radius 3 is 2.69 bits per heavy atom. The van der Waals surface area contributed by atoms with E-state index in [4.69, 9.17) is 5.26 Å². The van der Waals surface area contributed by atoms with E-state index in [0.717, 1.165) is 12.0 Å². The van der Waals surface area contributed by atoms with Crippen LogP contribution in [0.1, 0.15) is 16.7 Å². The van der Waals surface area contributed by atoms with Crippen molar-refractivity contribution in [3.8, 4) is 6.07 Å². The van der Waals surface area contributed by atoms with Crippen LogP contribution in [0.25, 0.3) is 0 Å². The second-order valence-corrected chi connectivity index (χ2v) is 4.90. The lowest BCUT2D eigenvalue weighted by Gasteiger charge is -2.18. The molecular formula is C14H9NS. The monoisotopic (exact) mass is 223 g/mol. The van der Waals surface area contributed by atoms with Gasteiger partial charge in [0, 0.05) is 9.79 Å². The van der Waals surface area contributed by atoms with Crippen LogP contribution in [-0.2, 0) is 6.42 Å². The van der Waals surface area contributed by atoms with Crippen molar-refractivity contribution < 1.29 is 0 Å². The van der Waals surface area contributed by atoms with Gasteiger partial charge in [0.15, 0.2) is 0 Å². The Kier molecular flexibility index (Phi) is 2.19. The van der Waals surface area contributed by atoms with E-state index in [1.165, 1.54) is 20.9 Å². The molecule has 16 heavy (non-hydrogen) atoms. The molecule has 0 saturated heterocycles. The molecule has 0 aromatic heterocycles. The lowest BCUT2D eigenvalue weighted by Crippen LogP contribution is -1.99. The molecule has 0 spiro atoms. The minimum Gasteiger partial charge on any atom is -0.192 e. The molecule has 0 fully saturated rings. The molecule has 76 valence electrons. The first-order valence-corrected chi connectivity index (χ1v) is 5.97. The summed E-state index contributed by atoms with van der Waals surface area (Å²) in [5.74, 6) is 0. The summed E-state index contributed by atoms with van der Waals surface area (Å²) < 4.78 is 0. The van der Waals surface area contributed by atoms with Crippen LogP contribution in [0.5, 0.6) is 0 Å². The standard InChI is InChI=1S/C14H9NS/c15-9-10-5-6-12-8-11-3-1-2-4-13(11)16-14(12)7-10/h1-7H,8H2. The maximum atomic E-state index is 8.88. The van der Waals surface area contributed by atoms with Crippen molar-refractivity contribution in [2.45, 2.75) is 16.2 Å². The SMILES string of the molecule is N#Cc1ccc2c(c1)Sc1ccccc1C2. The first-order valence-electron chi connectivity index (χ1n) is 5.15. The molecule has 2 aromatic rings. The first-order chi connectivity index (χ1) is 7.86. The molecule has 0 amide bonds. The van der Waals surface area contributed by atoms with Crippen molar-refractivity contribution in [2.24, 2.45) is 0 Å². The van der Waals surface area contributed by atoms with E-state index >= 15 is 0 Å². The molecular weight excluding hydrogens is 214 g/mol. The molecule has 1 heterocycles. The number of hydrogen-bond acceptors (Lipinski definition) is 2. The molecule has 3 rings (SSSR count). The Hall–Kier alpha value is -1.72. The van der Waals surface area contributed by atoms with Crippen LogP contribution in [0.4, 0.5) is 0 Å². The van der Waals surface area contributed by atoms with E-state index in [-0.39, 0.29) is 0 Å². The largest absolute Gasteiger partial charge is 0.192 e. The van der Waals surface area contributed by atoms with Crippen LogP contribution in [0.15, 0.2) is 52.3 Å². The van der Waals surface area contributed by atoms with Crippen molar-refractivity contribution in [1.29, 1.82) is 5.26 Å². The van der Waals surface area contributed by atoms with Crippen LogP contribution in [0, 0.1) is 11.3 Å². The van der Waals surface area contributed by atoms with Crippen molar-refractivity contribution in [1.82, 2.24) is 0 Å². The van der Waals surface area contributed by atoms with Crippen LogP contribution in [0.2, 0.25) is 0 Å². The van der Waals surface area contributed by atoms with Gasteiger partial charge < -0.3 is 0 Å². The fraction of sp³-hybridized carbons (Fsp3) is 0.0714. The molecule has 0 N–H and O–H groups in total. The molecule has 2 aromatic carbocycles. The van der Waals surface area contributed by atoms with Crippen LogP contribution in [0.3, 0.4) is 0 Å². The molecule has 1 nitrogen and oxygen atoms in total. The number of fused-ring (bicyclic) bond motifs is 2. The van der Waals surface area contributed by atoms with Gasteiger partial charge in [0.2, 0.25) is 0 Å². The maximum Gasteiger partial charge on any atom is 0.0992 e. The van der Waals surface area contributed by atoms with Gasteiger partial charge in [-0.15, -0.1) is 0 Å². The summed E-state index contributed by atoms with van der Waals surface area (Å²) in [7, 11) is 0. The summed E-state index contributed by atoms with van der Waals surface area (Å²) in [4.78, 5) is 2.53. The van der Waals surface area contributed by atoms with E-state index in [0.29, 0.717) is 0 Å². The Balaban J connectivity index is 2.09. The molecule has 1 aliphatic heterocycles. The summed E-state index contributed by atoms with van der Waals surface area (Å²) in [6.45, 7) is 0. The topological polar surface area (TPSA) is 23.8 Å². The van der Waals surface area contributed by atoms with Crippen LogP contribution >= 0.6 is 11.8 Å². The molecule has 0 bridgehead atoms. The summed E-state index contributed by atoms with van der Waals surface area (Å²) in [6.07, 6.45) is 0.976. The van der Waals surface area contributed by atoms with Gasteiger partial charge >= 0.3 is 0 Å². The second-order valence-electron chi connectivity index (χ2n) is 3.82. The van der Waals surface area contributed by atoms with E-state index in [9.17, 15) is 0 Å². The molecule has 2 heteroatoms.